The Bertz CT molecular complexity index is 378. The molecule has 0 aromatic carbocycles. The van der Waals surface area contributed by atoms with Gasteiger partial charge >= 0.3 is 0 Å². The first-order chi connectivity index (χ1) is 8.76. The van der Waals surface area contributed by atoms with Crippen LogP contribution < -0.4 is 10.2 Å². The molecule has 2 unspecified atom stereocenters. The molecule has 2 heterocycles. The third-order valence-corrected chi connectivity index (χ3v) is 4.10. The van der Waals surface area contributed by atoms with E-state index in [9.17, 15) is 0 Å². The summed E-state index contributed by atoms with van der Waals surface area (Å²) in [4.78, 5) is 7.07. The van der Waals surface area contributed by atoms with Gasteiger partial charge < -0.3 is 10.2 Å². The lowest BCUT2D eigenvalue weighted by Gasteiger charge is -2.36. The normalized spacial score (nSPS) is 21.9. The lowest BCUT2D eigenvalue weighted by molar-refractivity contribution is 0.446. The molecule has 2 atom stereocenters. The molecule has 1 saturated heterocycles. The van der Waals surface area contributed by atoms with E-state index in [4.69, 9.17) is 0 Å². The van der Waals surface area contributed by atoms with Gasteiger partial charge in [-0.15, -0.1) is 0 Å². The maximum atomic E-state index is 4.58. The Morgan fingerprint density at radius 1 is 1.50 bits per heavy atom. The average molecular weight is 247 g/mol. The highest BCUT2D eigenvalue weighted by Crippen LogP contribution is 2.26. The van der Waals surface area contributed by atoms with Crippen LogP contribution >= 0.6 is 0 Å². The minimum Gasteiger partial charge on any atom is -0.354 e. The molecule has 100 valence electrons. The topological polar surface area (TPSA) is 28.2 Å². The second kappa shape index (κ2) is 6.19. The number of nitrogens with one attached hydrogen (secondary N) is 1. The van der Waals surface area contributed by atoms with E-state index >= 15 is 0 Å². The molecule has 0 saturated carbocycles. The summed E-state index contributed by atoms with van der Waals surface area (Å²) in [6, 6.07) is 5.41. The zero-order valence-corrected chi connectivity index (χ0v) is 11.8. The van der Waals surface area contributed by atoms with Crippen LogP contribution in [-0.4, -0.2) is 24.6 Å². The van der Waals surface area contributed by atoms with Crippen LogP contribution in [0.4, 0.5) is 5.82 Å². The Morgan fingerprint density at radius 2 is 2.33 bits per heavy atom. The fourth-order valence-electron chi connectivity index (χ4n) is 2.75. The maximum absolute atomic E-state index is 4.58. The summed E-state index contributed by atoms with van der Waals surface area (Å²) in [5.74, 6) is 1.15. The summed E-state index contributed by atoms with van der Waals surface area (Å²) < 4.78 is 0. The first kappa shape index (κ1) is 13.3. The van der Waals surface area contributed by atoms with Crippen molar-refractivity contribution in [1.29, 1.82) is 0 Å². The fraction of sp³-hybridized carbons (Fsp3) is 0.667. The quantitative estimate of drug-likeness (QED) is 0.886. The van der Waals surface area contributed by atoms with Gasteiger partial charge in [0.25, 0.3) is 0 Å². The molecule has 1 aromatic heterocycles. The molecule has 1 fully saturated rings. The van der Waals surface area contributed by atoms with Crippen molar-refractivity contribution in [1.82, 2.24) is 10.3 Å². The summed E-state index contributed by atoms with van der Waals surface area (Å²) in [7, 11) is 2.00. The van der Waals surface area contributed by atoms with Crippen molar-refractivity contribution in [3.63, 3.8) is 0 Å². The minimum absolute atomic E-state index is 0.386. The van der Waals surface area contributed by atoms with E-state index in [-0.39, 0.29) is 0 Å². The van der Waals surface area contributed by atoms with E-state index in [1.807, 2.05) is 13.2 Å². The largest absolute Gasteiger partial charge is 0.354 e. The van der Waals surface area contributed by atoms with Crippen molar-refractivity contribution in [2.24, 2.45) is 0 Å². The molecule has 0 spiro atoms. The predicted molar refractivity (Wildman–Crippen MR) is 77.0 cm³/mol. The third kappa shape index (κ3) is 2.83. The van der Waals surface area contributed by atoms with Gasteiger partial charge in [0, 0.05) is 24.8 Å². The number of rotatable bonds is 4. The molecule has 0 aliphatic carbocycles. The van der Waals surface area contributed by atoms with Crippen molar-refractivity contribution in [2.75, 3.05) is 18.5 Å². The molecule has 2 rings (SSSR count). The second-order valence-corrected chi connectivity index (χ2v) is 5.21. The molecule has 0 bridgehead atoms. The molecule has 3 heteroatoms. The molecule has 1 aliphatic heterocycles. The highest BCUT2D eigenvalue weighted by Gasteiger charge is 2.22. The molecule has 3 nitrogen and oxygen atoms in total. The molecule has 18 heavy (non-hydrogen) atoms. The second-order valence-electron chi connectivity index (χ2n) is 5.21. The summed E-state index contributed by atoms with van der Waals surface area (Å²) in [6.07, 6.45) is 7.13. The Balaban J connectivity index is 2.21. The monoisotopic (exact) mass is 247 g/mol. The standard InChI is InChI=1S/C15H25N3/c1-4-14-7-5-6-10-18(14)15-11-13(8-9-17-15)12(2)16-3/h8-9,11-12,14,16H,4-7,10H2,1-3H3. The number of anilines is 1. The predicted octanol–water partition coefficient (Wildman–Crippen LogP) is 3.13. The van der Waals surface area contributed by atoms with E-state index in [2.05, 4.69) is 41.2 Å². The van der Waals surface area contributed by atoms with Gasteiger partial charge in [0.2, 0.25) is 0 Å². The first-order valence-electron chi connectivity index (χ1n) is 7.16. The van der Waals surface area contributed by atoms with Crippen LogP contribution in [0.2, 0.25) is 0 Å². The average Bonchev–Trinajstić information content (AvgIpc) is 2.46. The van der Waals surface area contributed by atoms with Gasteiger partial charge in [-0.3, -0.25) is 0 Å². The number of hydrogen-bond donors (Lipinski definition) is 1. The Hall–Kier alpha value is -1.09. The Kier molecular flexibility index (Phi) is 4.59. The molecule has 1 N–H and O–H groups in total. The van der Waals surface area contributed by atoms with Crippen molar-refractivity contribution in [2.45, 2.75) is 51.6 Å². The summed E-state index contributed by atoms with van der Waals surface area (Å²) in [5, 5.41) is 3.29. The number of nitrogens with zero attached hydrogens (tertiary/aromatic N) is 2. The van der Waals surface area contributed by atoms with Crippen LogP contribution in [0.25, 0.3) is 0 Å². The van der Waals surface area contributed by atoms with E-state index in [0.717, 1.165) is 12.4 Å². The fourth-order valence-corrected chi connectivity index (χ4v) is 2.75. The van der Waals surface area contributed by atoms with Gasteiger partial charge in [-0.1, -0.05) is 6.92 Å². The summed E-state index contributed by atoms with van der Waals surface area (Å²) in [5.41, 5.74) is 1.32. The Morgan fingerprint density at radius 3 is 3.06 bits per heavy atom. The zero-order chi connectivity index (χ0) is 13.0. The molecular formula is C15H25N3. The zero-order valence-electron chi connectivity index (χ0n) is 11.8. The van der Waals surface area contributed by atoms with Gasteiger partial charge in [-0.25, -0.2) is 4.98 Å². The van der Waals surface area contributed by atoms with Crippen LogP contribution in [0.3, 0.4) is 0 Å². The third-order valence-electron chi connectivity index (χ3n) is 4.10. The Labute approximate surface area is 111 Å². The maximum Gasteiger partial charge on any atom is 0.129 e. The summed E-state index contributed by atoms with van der Waals surface area (Å²) in [6.45, 7) is 5.62. The van der Waals surface area contributed by atoms with Gasteiger partial charge in [-0.05, 0) is 57.4 Å². The van der Waals surface area contributed by atoms with Crippen molar-refractivity contribution in [3.8, 4) is 0 Å². The highest BCUT2D eigenvalue weighted by atomic mass is 15.2. The molecular weight excluding hydrogens is 222 g/mol. The number of aromatic nitrogens is 1. The van der Waals surface area contributed by atoms with Crippen LogP contribution in [0, 0.1) is 0 Å². The number of piperidine rings is 1. The van der Waals surface area contributed by atoms with E-state index in [1.165, 1.54) is 31.2 Å². The van der Waals surface area contributed by atoms with E-state index in [0.29, 0.717) is 12.1 Å². The molecule has 0 amide bonds. The number of pyridine rings is 1. The van der Waals surface area contributed by atoms with E-state index in [1.54, 1.807) is 0 Å². The lowest BCUT2D eigenvalue weighted by atomic mass is 9.99. The van der Waals surface area contributed by atoms with Crippen molar-refractivity contribution in [3.05, 3.63) is 23.9 Å². The smallest absolute Gasteiger partial charge is 0.129 e. The van der Waals surface area contributed by atoms with Crippen LogP contribution in [0.15, 0.2) is 18.3 Å². The summed E-state index contributed by atoms with van der Waals surface area (Å²) >= 11 is 0. The van der Waals surface area contributed by atoms with Crippen LogP contribution in [0.1, 0.15) is 51.1 Å². The SMILES string of the molecule is CCC1CCCCN1c1cc(C(C)NC)ccn1. The lowest BCUT2D eigenvalue weighted by Crippen LogP contribution is -2.39. The van der Waals surface area contributed by atoms with Gasteiger partial charge in [0.1, 0.15) is 5.82 Å². The number of hydrogen-bond acceptors (Lipinski definition) is 3. The van der Waals surface area contributed by atoms with Crippen LogP contribution in [0.5, 0.6) is 0 Å². The molecule has 1 aliphatic rings. The van der Waals surface area contributed by atoms with Crippen LogP contribution in [-0.2, 0) is 0 Å². The highest BCUT2D eigenvalue weighted by molar-refractivity contribution is 5.43. The van der Waals surface area contributed by atoms with Gasteiger partial charge in [-0.2, -0.15) is 0 Å². The first-order valence-corrected chi connectivity index (χ1v) is 7.16. The van der Waals surface area contributed by atoms with Gasteiger partial charge in [0.15, 0.2) is 0 Å². The molecule has 0 radical (unpaired) electrons. The van der Waals surface area contributed by atoms with E-state index < -0.39 is 0 Å². The van der Waals surface area contributed by atoms with Crippen molar-refractivity contribution < 1.29 is 0 Å². The van der Waals surface area contributed by atoms with Crippen molar-refractivity contribution >= 4 is 5.82 Å². The minimum atomic E-state index is 0.386. The van der Waals surface area contributed by atoms with Gasteiger partial charge in [0.05, 0.1) is 0 Å². The molecule has 1 aromatic rings.